The zero-order chi connectivity index (χ0) is 20.3. The molecule has 1 amide bonds. The van der Waals surface area contributed by atoms with Gasteiger partial charge in [0.25, 0.3) is 5.91 Å². The van der Waals surface area contributed by atoms with E-state index in [1.165, 1.54) is 27.8 Å². The molecule has 144 valence electrons. The molecule has 1 heterocycles. The summed E-state index contributed by atoms with van der Waals surface area (Å²) in [5, 5.41) is 2.95. The molecule has 0 aliphatic rings. The molecule has 3 aromatic rings. The SMILES string of the molecule is Cc1cnc(C(=O)Nc2ccccc2)c(CCc2cc(C)c(C)c(C)c2C)c1. The number of carbonyl (C=O) groups excluding carboxylic acids is 1. The zero-order valence-corrected chi connectivity index (χ0v) is 17.4. The van der Waals surface area contributed by atoms with Crippen molar-refractivity contribution in [3.8, 4) is 0 Å². The molecule has 3 nitrogen and oxygen atoms in total. The van der Waals surface area contributed by atoms with Gasteiger partial charge in [-0.2, -0.15) is 0 Å². The number of pyridine rings is 1. The van der Waals surface area contributed by atoms with E-state index in [0.717, 1.165) is 29.7 Å². The number of rotatable bonds is 5. The largest absolute Gasteiger partial charge is 0.321 e. The molecule has 0 radical (unpaired) electrons. The Kier molecular flexibility index (Phi) is 5.93. The van der Waals surface area contributed by atoms with Crippen molar-refractivity contribution in [2.45, 2.75) is 47.5 Å². The number of hydrogen-bond acceptors (Lipinski definition) is 2. The third kappa shape index (κ3) is 4.30. The molecule has 0 aliphatic heterocycles. The summed E-state index contributed by atoms with van der Waals surface area (Å²) in [6.45, 7) is 10.7. The van der Waals surface area contributed by atoms with Gasteiger partial charge in [0, 0.05) is 11.9 Å². The number of aromatic nitrogens is 1. The summed E-state index contributed by atoms with van der Waals surface area (Å²) in [4.78, 5) is 17.2. The van der Waals surface area contributed by atoms with Gasteiger partial charge >= 0.3 is 0 Å². The molecule has 0 saturated heterocycles. The van der Waals surface area contributed by atoms with Crippen molar-refractivity contribution in [2.24, 2.45) is 0 Å². The molecule has 0 bridgehead atoms. The van der Waals surface area contributed by atoms with Crippen LogP contribution in [0.15, 0.2) is 48.7 Å². The van der Waals surface area contributed by atoms with E-state index in [-0.39, 0.29) is 5.91 Å². The lowest BCUT2D eigenvalue weighted by Gasteiger charge is -2.15. The van der Waals surface area contributed by atoms with Crippen LogP contribution < -0.4 is 5.32 Å². The minimum atomic E-state index is -0.158. The standard InChI is InChI=1S/C25H28N2O/c1-16-13-22(12-11-21-14-17(2)18(3)19(4)20(21)5)24(26-15-16)25(28)27-23-9-7-6-8-10-23/h6-10,13-15H,11-12H2,1-5H3,(H,27,28). The van der Waals surface area contributed by atoms with Gasteiger partial charge in [0.05, 0.1) is 0 Å². The van der Waals surface area contributed by atoms with Crippen LogP contribution in [0.25, 0.3) is 0 Å². The molecule has 0 aliphatic carbocycles. The van der Waals surface area contributed by atoms with Crippen LogP contribution in [0.3, 0.4) is 0 Å². The molecule has 3 rings (SSSR count). The quantitative estimate of drug-likeness (QED) is 0.628. The summed E-state index contributed by atoms with van der Waals surface area (Å²) in [6, 6.07) is 13.9. The average molecular weight is 373 g/mol. The fraction of sp³-hybridized carbons (Fsp3) is 0.280. The Labute approximate surface area is 167 Å². The van der Waals surface area contributed by atoms with Crippen molar-refractivity contribution >= 4 is 11.6 Å². The number of nitrogens with zero attached hydrogens (tertiary/aromatic N) is 1. The number of benzene rings is 2. The number of carbonyl (C=O) groups is 1. The second-order valence-corrected chi connectivity index (χ2v) is 7.57. The van der Waals surface area contributed by atoms with Gasteiger partial charge in [-0.1, -0.05) is 30.3 Å². The van der Waals surface area contributed by atoms with Gasteiger partial charge in [-0.25, -0.2) is 0 Å². The van der Waals surface area contributed by atoms with Crippen LogP contribution in [0, 0.1) is 34.6 Å². The fourth-order valence-corrected chi connectivity index (χ4v) is 3.56. The van der Waals surface area contributed by atoms with Crippen LogP contribution in [0.5, 0.6) is 0 Å². The Balaban J connectivity index is 1.85. The Morgan fingerprint density at radius 3 is 2.25 bits per heavy atom. The van der Waals surface area contributed by atoms with Crippen LogP contribution >= 0.6 is 0 Å². The summed E-state index contributed by atoms with van der Waals surface area (Å²) >= 11 is 0. The summed E-state index contributed by atoms with van der Waals surface area (Å²) in [5.74, 6) is -0.158. The minimum absolute atomic E-state index is 0.158. The van der Waals surface area contributed by atoms with Crippen LogP contribution in [0.2, 0.25) is 0 Å². The van der Waals surface area contributed by atoms with E-state index in [1.54, 1.807) is 6.20 Å². The van der Waals surface area contributed by atoms with E-state index in [2.05, 4.69) is 50.1 Å². The summed E-state index contributed by atoms with van der Waals surface area (Å²) < 4.78 is 0. The number of anilines is 1. The number of hydrogen-bond donors (Lipinski definition) is 1. The predicted molar refractivity (Wildman–Crippen MR) is 116 cm³/mol. The van der Waals surface area contributed by atoms with E-state index in [9.17, 15) is 4.79 Å². The van der Waals surface area contributed by atoms with Crippen LogP contribution in [-0.4, -0.2) is 10.9 Å². The first-order valence-electron chi connectivity index (χ1n) is 9.75. The molecular formula is C25H28N2O. The van der Waals surface area contributed by atoms with Crippen molar-refractivity contribution in [2.75, 3.05) is 5.32 Å². The van der Waals surface area contributed by atoms with Crippen LogP contribution in [0.1, 0.15) is 49.4 Å². The molecule has 0 unspecified atom stereocenters. The van der Waals surface area contributed by atoms with E-state index in [1.807, 2.05) is 37.3 Å². The number of nitrogens with one attached hydrogen (secondary N) is 1. The Morgan fingerprint density at radius 2 is 1.54 bits per heavy atom. The minimum Gasteiger partial charge on any atom is -0.321 e. The lowest BCUT2D eigenvalue weighted by Crippen LogP contribution is -2.17. The van der Waals surface area contributed by atoms with E-state index >= 15 is 0 Å². The lowest BCUT2D eigenvalue weighted by molar-refractivity contribution is 0.102. The highest BCUT2D eigenvalue weighted by Gasteiger charge is 2.15. The second kappa shape index (κ2) is 8.39. The molecule has 1 aromatic heterocycles. The molecular weight excluding hydrogens is 344 g/mol. The Hall–Kier alpha value is -2.94. The molecule has 2 aromatic carbocycles. The highest BCUT2D eigenvalue weighted by Crippen LogP contribution is 2.23. The van der Waals surface area contributed by atoms with Gasteiger partial charge in [0.1, 0.15) is 5.69 Å². The third-order valence-corrected chi connectivity index (χ3v) is 5.60. The molecule has 0 atom stereocenters. The van der Waals surface area contributed by atoms with Gasteiger partial charge in [-0.3, -0.25) is 9.78 Å². The monoisotopic (exact) mass is 372 g/mol. The van der Waals surface area contributed by atoms with Crippen molar-refractivity contribution in [3.63, 3.8) is 0 Å². The van der Waals surface area contributed by atoms with Crippen LogP contribution in [0.4, 0.5) is 5.69 Å². The maximum atomic E-state index is 12.8. The highest BCUT2D eigenvalue weighted by molar-refractivity contribution is 6.03. The maximum absolute atomic E-state index is 12.8. The van der Waals surface area contributed by atoms with Gasteiger partial charge in [0.2, 0.25) is 0 Å². The highest BCUT2D eigenvalue weighted by atomic mass is 16.1. The molecule has 0 spiro atoms. The first kappa shape index (κ1) is 19.8. The normalized spacial score (nSPS) is 10.8. The van der Waals surface area contributed by atoms with Crippen LogP contribution in [-0.2, 0) is 12.8 Å². The maximum Gasteiger partial charge on any atom is 0.274 e. The number of para-hydroxylation sites is 1. The summed E-state index contributed by atoms with van der Waals surface area (Å²) in [7, 11) is 0. The summed E-state index contributed by atoms with van der Waals surface area (Å²) in [5.41, 5.74) is 10.1. The number of amides is 1. The first-order chi connectivity index (χ1) is 13.4. The van der Waals surface area contributed by atoms with Gasteiger partial charge in [-0.15, -0.1) is 0 Å². The smallest absolute Gasteiger partial charge is 0.274 e. The zero-order valence-electron chi connectivity index (χ0n) is 17.4. The topological polar surface area (TPSA) is 42.0 Å². The Morgan fingerprint density at radius 1 is 0.857 bits per heavy atom. The molecule has 0 saturated carbocycles. The molecule has 0 fully saturated rings. The van der Waals surface area contributed by atoms with Crippen molar-refractivity contribution in [1.29, 1.82) is 0 Å². The van der Waals surface area contributed by atoms with E-state index < -0.39 is 0 Å². The van der Waals surface area contributed by atoms with Gasteiger partial charge in [0.15, 0.2) is 0 Å². The van der Waals surface area contributed by atoms with Gasteiger partial charge in [-0.05, 0) is 98.5 Å². The average Bonchev–Trinajstić information content (AvgIpc) is 2.69. The molecule has 28 heavy (non-hydrogen) atoms. The van der Waals surface area contributed by atoms with Gasteiger partial charge < -0.3 is 5.32 Å². The third-order valence-electron chi connectivity index (χ3n) is 5.60. The number of aryl methyl sites for hydroxylation is 4. The Bertz CT molecular complexity index is 1010. The first-order valence-corrected chi connectivity index (χ1v) is 9.75. The second-order valence-electron chi connectivity index (χ2n) is 7.57. The van der Waals surface area contributed by atoms with Crippen molar-refractivity contribution in [1.82, 2.24) is 4.98 Å². The lowest BCUT2D eigenvalue weighted by atomic mass is 9.91. The van der Waals surface area contributed by atoms with Crippen molar-refractivity contribution in [3.05, 3.63) is 93.3 Å². The predicted octanol–water partition coefficient (Wildman–Crippen LogP) is 5.66. The van der Waals surface area contributed by atoms with Crippen molar-refractivity contribution < 1.29 is 4.79 Å². The molecule has 1 N–H and O–H groups in total. The van der Waals surface area contributed by atoms with E-state index in [0.29, 0.717) is 5.69 Å². The summed E-state index contributed by atoms with van der Waals surface area (Å²) in [6.07, 6.45) is 3.44. The molecule has 3 heteroatoms. The fourth-order valence-electron chi connectivity index (χ4n) is 3.56. The van der Waals surface area contributed by atoms with E-state index in [4.69, 9.17) is 0 Å².